The van der Waals surface area contributed by atoms with E-state index in [1.807, 2.05) is 25.3 Å². The lowest BCUT2D eigenvalue weighted by atomic mass is 10.1. The lowest BCUT2D eigenvalue weighted by molar-refractivity contribution is 0.0987. The number of Topliss-reactive ketones (excluding diaryl/α,β-unsaturated/α-hetero) is 1. The monoisotopic (exact) mass is 246 g/mol. The molecule has 4 heteroatoms. The maximum Gasteiger partial charge on any atom is 0.187 e. The van der Waals surface area contributed by atoms with Crippen molar-refractivity contribution < 1.29 is 4.79 Å². The minimum absolute atomic E-state index is 0.0334. The highest BCUT2D eigenvalue weighted by Gasteiger charge is 2.10. The van der Waals surface area contributed by atoms with Crippen molar-refractivity contribution in [2.24, 2.45) is 0 Å². The highest BCUT2D eigenvalue weighted by atomic mass is 32.1. The molecule has 0 saturated heterocycles. The van der Waals surface area contributed by atoms with E-state index in [2.05, 4.69) is 16.9 Å². The zero-order valence-electron chi connectivity index (χ0n) is 9.93. The normalized spacial score (nSPS) is 10.5. The van der Waals surface area contributed by atoms with Crippen LogP contribution in [0.1, 0.15) is 33.7 Å². The molecule has 2 heterocycles. The lowest BCUT2D eigenvalue weighted by Crippen LogP contribution is -2.05. The molecule has 0 unspecified atom stereocenters. The Hall–Kier alpha value is -1.55. The van der Waals surface area contributed by atoms with E-state index in [4.69, 9.17) is 0 Å². The summed E-state index contributed by atoms with van der Waals surface area (Å²) in [5, 5.41) is 2.72. The molecule has 0 aliphatic rings. The van der Waals surface area contributed by atoms with Gasteiger partial charge in [-0.1, -0.05) is 13.0 Å². The van der Waals surface area contributed by atoms with Crippen molar-refractivity contribution in [3.63, 3.8) is 0 Å². The Kier molecular flexibility index (Phi) is 3.64. The van der Waals surface area contributed by atoms with Crippen molar-refractivity contribution in [2.45, 2.75) is 26.7 Å². The van der Waals surface area contributed by atoms with Crippen molar-refractivity contribution in [2.75, 3.05) is 0 Å². The van der Waals surface area contributed by atoms with Gasteiger partial charge in [0.25, 0.3) is 0 Å². The molecule has 0 fully saturated rings. The third-order valence-corrected chi connectivity index (χ3v) is 3.31. The fraction of sp³-hybridized carbons (Fsp3) is 0.308. The Morgan fingerprint density at radius 3 is 2.76 bits per heavy atom. The molecule has 0 amide bonds. The summed E-state index contributed by atoms with van der Waals surface area (Å²) in [6, 6.07) is 3.93. The van der Waals surface area contributed by atoms with Crippen LogP contribution in [-0.2, 0) is 12.8 Å². The zero-order chi connectivity index (χ0) is 12.3. The van der Waals surface area contributed by atoms with E-state index in [-0.39, 0.29) is 5.78 Å². The Labute approximate surface area is 105 Å². The van der Waals surface area contributed by atoms with Crippen molar-refractivity contribution in [3.8, 4) is 0 Å². The van der Waals surface area contributed by atoms with Gasteiger partial charge >= 0.3 is 0 Å². The third-order valence-electron chi connectivity index (χ3n) is 2.54. The number of carbonyl (C=O) groups excluding carboxylic acids is 1. The molecule has 0 atom stereocenters. The number of hydrogen-bond donors (Lipinski definition) is 0. The molecule has 0 aliphatic heterocycles. The van der Waals surface area contributed by atoms with Gasteiger partial charge in [0, 0.05) is 17.3 Å². The fourth-order valence-corrected chi connectivity index (χ4v) is 2.13. The molecule has 0 radical (unpaired) electrons. The molecule has 0 aromatic carbocycles. The minimum Gasteiger partial charge on any atom is -0.292 e. The Balaban J connectivity index is 2.07. The van der Waals surface area contributed by atoms with Gasteiger partial charge in [-0.2, -0.15) is 0 Å². The van der Waals surface area contributed by atoms with E-state index in [1.54, 1.807) is 5.38 Å². The standard InChI is InChI=1S/C13H14N2OS/c1-3-10-4-5-11(14-7-10)6-13(16)12-8-17-9(2)15-12/h4-5,7-8H,3,6H2,1-2H3. The molecule has 0 N–H and O–H groups in total. The van der Waals surface area contributed by atoms with Crippen LogP contribution >= 0.6 is 11.3 Å². The summed E-state index contributed by atoms with van der Waals surface area (Å²) in [6.45, 7) is 3.98. The van der Waals surface area contributed by atoms with Gasteiger partial charge in [-0.15, -0.1) is 11.3 Å². The predicted octanol–water partition coefficient (Wildman–Crippen LogP) is 2.83. The van der Waals surface area contributed by atoms with Crippen LogP contribution in [0.3, 0.4) is 0 Å². The largest absolute Gasteiger partial charge is 0.292 e. The Bertz CT molecular complexity index is 516. The number of thiazole rings is 1. The summed E-state index contributed by atoms with van der Waals surface area (Å²) in [7, 11) is 0. The number of pyridine rings is 1. The van der Waals surface area contributed by atoms with Crippen LogP contribution in [-0.4, -0.2) is 15.8 Å². The van der Waals surface area contributed by atoms with E-state index in [0.717, 1.165) is 17.1 Å². The summed E-state index contributed by atoms with van der Waals surface area (Å²) in [5.74, 6) is 0.0334. The molecule has 2 rings (SSSR count). The van der Waals surface area contributed by atoms with Crippen LogP contribution in [0.5, 0.6) is 0 Å². The van der Waals surface area contributed by atoms with E-state index >= 15 is 0 Å². The highest BCUT2D eigenvalue weighted by molar-refractivity contribution is 7.09. The van der Waals surface area contributed by atoms with Crippen LogP contribution in [0.4, 0.5) is 0 Å². The molecule has 2 aromatic heterocycles. The predicted molar refractivity (Wildman–Crippen MR) is 68.5 cm³/mol. The van der Waals surface area contributed by atoms with Gasteiger partial charge in [0.15, 0.2) is 5.78 Å². The summed E-state index contributed by atoms with van der Waals surface area (Å²) in [6.07, 6.45) is 3.12. The zero-order valence-corrected chi connectivity index (χ0v) is 10.8. The second-order valence-electron chi connectivity index (χ2n) is 3.86. The van der Waals surface area contributed by atoms with Crippen molar-refractivity contribution >= 4 is 17.1 Å². The van der Waals surface area contributed by atoms with Crippen LogP contribution in [0, 0.1) is 6.92 Å². The molecule has 0 aliphatic carbocycles. The first kappa shape index (κ1) is 11.9. The summed E-state index contributed by atoms with van der Waals surface area (Å²) in [4.78, 5) is 20.3. The molecule has 0 spiro atoms. The van der Waals surface area contributed by atoms with Crippen LogP contribution in [0.15, 0.2) is 23.7 Å². The summed E-state index contributed by atoms with van der Waals surface area (Å²) in [5.41, 5.74) is 2.54. The fourth-order valence-electron chi connectivity index (χ4n) is 1.52. The Morgan fingerprint density at radius 1 is 1.41 bits per heavy atom. The van der Waals surface area contributed by atoms with Gasteiger partial charge in [-0.3, -0.25) is 9.78 Å². The first-order valence-electron chi connectivity index (χ1n) is 5.58. The van der Waals surface area contributed by atoms with Gasteiger partial charge in [-0.25, -0.2) is 4.98 Å². The average Bonchev–Trinajstić information content (AvgIpc) is 2.77. The maximum atomic E-state index is 11.9. The SMILES string of the molecule is CCc1ccc(CC(=O)c2csc(C)n2)nc1. The van der Waals surface area contributed by atoms with E-state index in [9.17, 15) is 4.79 Å². The summed E-state index contributed by atoms with van der Waals surface area (Å²) >= 11 is 1.50. The van der Waals surface area contributed by atoms with Gasteiger partial charge in [0.2, 0.25) is 0 Å². The number of rotatable bonds is 4. The van der Waals surface area contributed by atoms with Gasteiger partial charge in [-0.05, 0) is 25.0 Å². The molecule has 0 saturated carbocycles. The number of hydrogen-bond acceptors (Lipinski definition) is 4. The number of aromatic nitrogens is 2. The molecular weight excluding hydrogens is 232 g/mol. The first-order valence-corrected chi connectivity index (χ1v) is 6.46. The quantitative estimate of drug-likeness (QED) is 0.779. The molecule has 3 nitrogen and oxygen atoms in total. The molecule has 2 aromatic rings. The number of nitrogens with zero attached hydrogens (tertiary/aromatic N) is 2. The number of aryl methyl sites for hydroxylation is 2. The highest BCUT2D eigenvalue weighted by Crippen LogP contribution is 2.11. The van der Waals surface area contributed by atoms with Gasteiger partial charge < -0.3 is 0 Å². The first-order chi connectivity index (χ1) is 8.19. The van der Waals surface area contributed by atoms with E-state index in [0.29, 0.717) is 12.1 Å². The van der Waals surface area contributed by atoms with Crippen molar-refractivity contribution in [3.05, 3.63) is 45.7 Å². The molecule has 88 valence electrons. The minimum atomic E-state index is 0.0334. The lowest BCUT2D eigenvalue weighted by Gasteiger charge is -2.00. The molecular formula is C13H14N2OS. The second-order valence-corrected chi connectivity index (χ2v) is 4.93. The van der Waals surface area contributed by atoms with E-state index in [1.165, 1.54) is 16.9 Å². The van der Waals surface area contributed by atoms with Crippen LogP contribution in [0.25, 0.3) is 0 Å². The van der Waals surface area contributed by atoms with E-state index < -0.39 is 0 Å². The van der Waals surface area contributed by atoms with Crippen LogP contribution in [0.2, 0.25) is 0 Å². The topological polar surface area (TPSA) is 42.9 Å². The second kappa shape index (κ2) is 5.19. The third kappa shape index (κ3) is 2.97. The molecule has 17 heavy (non-hydrogen) atoms. The van der Waals surface area contributed by atoms with Crippen molar-refractivity contribution in [1.82, 2.24) is 9.97 Å². The van der Waals surface area contributed by atoms with Gasteiger partial charge in [0.05, 0.1) is 11.4 Å². The maximum absolute atomic E-state index is 11.9. The number of ketones is 1. The van der Waals surface area contributed by atoms with Crippen LogP contribution < -0.4 is 0 Å². The Morgan fingerprint density at radius 2 is 2.24 bits per heavy atom. The summed E-state index contributed by atoms with van der Waals surface area (Å²) < 4.78 is 0. The smallest absolute Gasteiger partial charge is 0.187 e. The van der Waals surface area contributed by atoms with Gasteiger partial charge in [0.1, 0.15) is 5.69 Å². The molecule has 0 bridgehead atoms. The number of carbonyl (C=O) groups is 1. The average molecular weight is 246 g/mol. The van der Waals surface area contributed by atoms with Crippen molar-refractivity contribution in [1.29, 1.82) is 0 Å².